The average molecular weight is 470 g/mol. The maximum absolute atomic E-state index is 12.4. The molecule has 2 aromatic rings. The Labute approximate surface area is 196 Å². The van der Waals surface area contributed by atoms with Gasteiger partial charge in [-0.15, -0.1) is 0 Å². The second-order valence-electron chi connectivity index (χ2n) is 8.31. The molecule has 4 rings (SSSR count). The van der Waals surface area contributed by atoms with Gasteiger partial charge in [-0.2, -0.15) is 0 Å². The lowest BCUT2D eigenvalue weighted by Crippen LogP contribution is -2.47. The predicted molar refractivity (Wildman–Crippen MR) is 131 cm³/mol. The lowest BCUT2D eigenvalue weighted by molar-refractivity contribution is 0.148. The Morgan fingerprint density at radius 1 is 1.03 bits per heavy atom. The zero-order chi connectivity index (χ0) is 23.3. The number of anilines is 1. The van der Waals surface area contributed by atoms with Crippen LogP contribution in [0, 0.1) is 0 Å². The molecule has 33 heavy (non-hydrogen) atoms. The Bertz CT molecular complexity index is 1120. The van der Waals surface area contributed by atoms with Crippen molar-refractivity contribution in [2.24, 2.45) is 4.99 Å². The Hall–Kier alpha value is -2.88. The van der Waals surface area contributed by atoms with Crippen LogP contribution in [0.3, 0.4) is 0 Å². The van der Waals surface area contributed by atoms with Crippen LogP contribution in [0.1, 0.15) is 5.56 Å². The van der Waals surface area contributed by atoms with Crippen molar-refractivity contribution in [3.05, 3.63) is 66.2 Å². The van der Waals surface area contributed by atoms with E-state index in [2.05, 4.69) is 38.7 Å². The quantitative estimate of drug-likeness (QED) is 0.627. The fourth-order valence-electron chi connectivity index (χ4n) is 3.88. The number of guanidine groups is 1. The number of fused-ring (bicyclic) bond motifs is 1. The minimum Gasteiger partial charge on any atom is -0.490 e. The predicted octanol–water partition coefficient (Wildman–Crippen LogP) is 2.15. The van der Waals surface area contributed by atoms with Crippen molar-refractivity contribution in [3.63, 3.8) is 0 Å². The number of nitrogens with zero attached hydrogens (tertiary/aromatic N) is 4. The number of nitrogens with one attached hydrogen (secondary N) is 1. The van der Waals surface area contributed by atoms with Gasteiger partial charge in [-0.05, 0) is 43.0 Å². The zero-order valence-corrected chi connectivity index (χ0v) is 20.0. The summed E-state index contributed by atoms with van der Waals surface area (Å²) in [6, 6.07) is 15.1. The molecule has 2 aromatic carbocycles. The third kappa shape index (κ3) is 5.93. The van der Waals surface area contributed by atoms with Crippen molar-refractivity contribution in [1.82, 2.24) is 14.5 Å². The first-order chi connectivity index (χ1) is 15.9. The molecule has 1 fully saturated rings. The molecule has 176 valence electrons. The molecule has 1 saturated heterocycles. The van der Waals surface area contributed by atoms with E-state index in [4.69, 9.17) is 4.74 Å². The van der Waals surface area contributed by atoms with Gasteiger partial charge in [-0.1, -0.05) is 30.3 Å². The molecule has 0 bridgehead atoms. The average Bonchev–Trinajstić information content (AvgIpc) is 2.81. The van der Waals surface area contributed by atoms with Crippen molar-refractivity contribution in [2.45, 2.75) is 11.4 Å². The van der Waals surface area contributed by atoms with Gasteiger partial charge < -0.3 is 14.5 Å². The Balaban J connectivity index is 1.27. The smallest absolute Gasteiger partial charge is 0.266 e. The van der Waals surface area contributed by atoms with Gasteiger partial charge in [-0.3, -0.25) is 4.90 Å². The van der Waals surface area contributed by atoms with Crippen molar-refractivity contribution >= 4 is 21.7 Å². The number of sulfonamides is 1. The van der Waals surface area contributed by atoms with Gasteiger partial charge in [0.05, 0.1) is 12.2 Å². The summed E-state index contributed by atoms with van der Waals surface area (Å²) in [7, 11) is 0.354. The molecule has 0 saturated carbocycles. The van der Waals surface area contributed by atoms with Crippen molar-refractivity contribution in [2.75, 3.05) is 58.3 Å². The molecule has 2 heterocycles. The van der Waals surface area contributed by atoms with Gasteiger partial charge >= 0.3 is 0 Å². The van der Waals surface area contributed by atoms with Crippen molar-refractivity contribution < 1.29 is 13.2 Å². The summed E-state index contributed by atoms with van der Waals surface area (Å²) in [5.41, 5.74) is 1.86. The van der Waals surface area contributed by atoms with E-state index in [1.165, 1.54) is 5.56 Å². The number of hydrogen-bond donors (Lipinski definition) is 1. The van der Waals surface area contributed by atoms with Crippen LogP contribution < -0.4 is 14.4 Å². The number of para-hydroxylation sites is 1. The maximum Gasteiger partial charge on any atom is 0.266 e. The number of likely N-dealkylation sites (N-methyl/N-ethyl adjacent to an activating group) is 1. The summed E-state index contributed by atoms with van der Waals surface area (Å²) in [6.07, 6.45) is 3.76. The highest BCUT2D eigenvalue weighted by atomic mass is 32.2. The van der Waals surface area contributed by atoms with E-state index in [9.17, 15) is 8.42 Å². The standard InChI is InChI=1S/C24H31N5O3S/c1-27-13-15-29(16-14-27)19-20-8-7-9-21(18-20)32-17-6-5-12-25-24-26-33(30,31)23-11-4-3-10-22(23)28(24)2/h3-11,18H,12-17,19H2,1-2H3,(H,25,26)/b6-5-. The zero-order valence-electron chi connectivity index (χ0n) is 19.1. The monoisotopic (exact) mass is 469 g/mol. The van der Waals surface area contributed by atoms with E-state index in [0.717, 1.165) is 38.5 Å². The van der Waals surface area contributed by atoms with Gasteiger partial charge in [0.15, 0.2) is 0 Å². The number of rotatable bonds is 7. The largest absolute Gasteiger partial charge is 0.490 e. The molecule has 0 unspecified atom stereocenters. The van der Waals surface area contributed by atoms with Gasteiger partial charge in [0, 0.05) is 39.8 Å². The summed E-state index contributed by atoms with van der Waals surface area (Å²) >= 11 is 0. The van der Waals surface area contributed by atoms with Gasteiger partial charge in [0.25, 0.3) is 10.0 Å². The second-order valence-corrected chi connectivity index (χ2v) is 9.96. The minimum atomic E-state index is -3.60. The molecule has 0 amide bonds. The normalized spacial score (nSPS) is 20.1. The molecule has 0 radical (unpaired) electrons. The van der Waals surface area contributed by atoms with Gasteiger partial charge in [0.1, 0.15) is 17.3 Å². The van der Waals surface area contributed by atoms with E-state index in [-0.39, 0.29) is 4.90 Å². The van der Waals surface area contributed by atoms with Crippen LogP contribution in [0.2, 0.25) is 0 Å². The highest BCUT2D eigenvalue weighted by Gasteiger charge is 2.29. The summed E-state index contributed by atoms with van der Waals surface area (Å²) in [5.74, 6) is 1.14. The molecule has 0 atom stereocenters. The van der Waals surface area contributed by atoms with E-state index in [0.29, 0.717) is 24.8 Å². The fourth-order valence-corrected chi connectivity index (χ4v) is 5.17. The molecule has 8 nitrogen and oxygen atoms in total. The van der Waals surface area contributed by atoms with E-state index in [1.807, 2.05) is 30.4 Å². The van der Waals surface area contributed by atoms with E-state index >= 15 is 0 Å². The summed E-state index contributed by atoms with van der Waals surface area (Å²) < 4.78 is 33.2. The minimum absolute atomic E-state index is 0.255. The molecule has 0 aromatic heterocycles. The molecular formula is C24H31N5O3S. The highest BCUT2D eigenvalue weighted by Crippen LogP contribution is 2.27. The summed E-state index contributed by atoms with van der Waals surface area (Å²) in [4.78, 5) is 11.2. The number of hydrogen-bond acceptors (Lipinski definition) is 6. The number of aliphatic imine (C=N–C) groups is 1. The van der Waals surface area contributed by atoms with Crippen LogP contribution in [0.4, 0.5) is 5.69 Å². The first-order valence-electron chi connectivity index (χ1n) is 11.1. The third-order valence-electron chi connectivity index (χ3n) is 5.82. The topological polar surface area (TPSA) is 77.5 Å². The van der Waals surface area contributed by atoms with Gasteiger partial charge in [0.2, 0.25) is 5.96 Å². The number of ether oxygens (including phenoxy) is 1. The Morgan fingerprint density at radius 3 is 2.64 bits per heavy atom. The van der Waals surface area contributed by atoms with E-state index in [1.54, 1.807) is 30.1 Å². The van der Waals surface area contributed by atoms with Crippen LogP contribution in [-0.2, 0) is 16.6 Å². The van der Waals surface area contributed by atoms with Crippen LogP contribution in [-0.4, -0.2) is 77.6 Å². The summed E-state index contributed by atoms with van der Waals surface area (Å²) in [6.45, 7) is 6.09. The third-order valence-corrected chi connectivity index (χ3v) is 7.19. The van der Waals surface area contributed by atoms with Gasteiger partial charge in [-0.25, -0.2) is 18.1 Å². The van der Waals surface area contributed by atoms with Crippen LogP contribution in [0.5, 0.6) is 5.75 Å². The molecule has 0 spiro atoms. The molecule has 2 aliphatic heterocycles. The maximum atomic E-state index is 12.4. The lowest BCUT2D eigenvalue weighted by atomic mass is 10.2. The van der Waals surface area contributed by atoms with Crippen molar-refractivity contribution in [1.29, 1.82) is 0 Å². The highest BCUT2D eigenvalue weighted by molar-refractivity contribution is 7.90. The first-order valence-corrected chi connectivity index (χ1v) is 12.6. The molecule has 2 aliphatic rings. The van der Waals surface area contributed by atoms with Crippen LogP contribution >= 0.6 is 0 Å². The SMILES string of the molecule is CN1CCN(Cc2cccc(OC/C=C\CN=C3NS(=O)(=O)c4ccccc4N3C)c2)CC1. The first kappa shape index (κ1) is 23.3. The van der Waals surface area contributed by atoms with Crippen LogP contribution in [0.15, 0.2) is 70.6 Å². The molecule has 1 N–H and O–H groups in total. The second kappa shape index (κ2) is 10.4. The number of benzene rings is 2. The molecular weight excluding hydrogens is 438 g/mol. The van der Waals surface area contributed by atoms with Crippen molar-refractivity contribution in [3.8, 4) is 5.75 Å². The van der Waals surface area contributed by atoms with Crippen LogP contribution in [0.25, 0.3) is 0 Å². The summed E-state index contributed by atoms with van der Waals surface area (Å²) in [5, 5.41) is 0. The Kier molecular flexibility index (Phi) is 7.32. The fraction of sp³-hybridized carbons (Fsp3) is 0.375. The molecule has 9 heteroatoms. The number of piperazine rings is 1. The Morgan fingerprint density at radius 2 is 1.82 bits per heavy atom. The van der Waals surface area contributed by atoms with E-state index < -0.39 is 10.0 Å². The molecule has 0 aliphatic carbocycles. The lowest BCUT2D eigenvalue weighted by Gasteiger charge is -2.32.